The first-order valence-corrected chi connectivity index (χ1v) is 11.7. The molecule has 0 saturated heterocycles. The van der Waals surface area contributed by atoms with Crippen LogP contribution in [-0.4, -0.2) is 27.5 Å². The first-order chi connectivity index (χ1) is 15.3. The molecule has 0 unspecified atom stereocenters. The summed E-state index contributed by atoms with van der Waals surface area (Å²) in [5.74, 6) is 0.729. The van der Waals surface area contributed by atoms with Crippen molar-refractivity contribution in [2.24, 2.45) is 0 Å². The van der Waals surface area contributed by atoms with Crippen molar-refractivity contribution in [1.82, 2.24) is 0 Å². The van der Waals surface area contributed by atoms with Crippen LogP contribution in [0.25, 0.3) is 0 Å². The van der Waals surface area contributed by atoms with E-state index in [1.54, 1.807) is 30.3 Å². The van der Waals surface area contributed by atoms with Crippen molar-refractivity contribution in [1.29, 1.82) is 0 Å². The van der Waals surface area contributed by atoms with E-state index in [2.05, 4.69) is 10.0 Å². The summed E-state index contributed by atoms with van der Waals surface area (Å²) in [6, 6.07) is 16.7. The average Bonchev–Trinajstić information content (AvgIpc) is 3.01. The lowest BCUT2D eigenvalue weighted by atomic mass is 10.1. The highest BCUT2D eigenvalue weighted by molar-refractivity contribution is 7.92. The summed E-state index contributed by atoms with van der Waals surface area (Å²) in [4.78, 5) is 12.7. The van der Waals surface area contributed by atoms with Crippen LogP contribution in [-0.2, 0) is 10.0 Å². The molecule has 1 aliphatic rings. The van der Waals surface area contributed by atoms with Gasteiger partial charge in [0.15, 0.2) is 11.5 Å². The second kappa shape index (κ2) is 8.92. The fourth-order valence-electron chi connectivity index (χ4n) is 3.33. The Kier molecular flexibility index (Phi) is 6.05. The third-order valence-electron chi connectivity index (χ3n) is 5.06. The molecule has 7 nitrogen and oxygen atoms in total. The van der Waals surface area contributed by atoms with E-state index in [0.717, 1.165) is 17.5 Å². The summed E-state index contributed by atoms with van der Waals surface area (Å²) >= 11 is 0. The normalized spacial score (nSPS) is 13.2. The molecule has 0 fully saturated rings. The van der Waals surface area contributed by atoms with Crippen molar-refractivity contribution in [3.05, 3.63) is 77.4 Å². The highest BCUT2D eigenvalue weighted by Gasteiger charge is 2.19. The van der Waals surface area contributed by atoms with Gasteiger partial charge in [0.05, 0.1) is 18.1 Å². The Bertz CT molecular complexity index is 1250. The molecule has 166 valence electrons. The molecule has 1 heterocycles. The zero-order valence-electron chi connectivity index (χ0n) is 17.8. The van der Waals surface area contributed by atoms with Crippen LogP contribution >= 0.6 is 0 Å². The molecular formula is C24H24N2O5S. The standard InChI is InChI=1S/C24H24N2O5S/c1-16-4-5-17(2)21(14-16)24(27)25-18-6-8-19(9-7-18)26-32(28,29)20-10-11-22-23(15-20)31-13-3-12-30-22/h4-11,14-15,26H,3,12-13H2,1-2H3,(H,25,27). The van der Waals surface area contributed by atoms with Crippen LogP contribution < -0.4 is 19.5 Å². The molecule has 0 bridgehead atoms. The minimum Gasteiger partial charge on any atom is -0.490 e. The van der Waals surface area contributed by atoms with Crippen LogP contribution in [0.5, 0.6) is 11.5 Å². The molecule has 0 saturated carbocycles. The maximum absolute atomic E-state index is 12.8. The van der Waals surface area contributed by atoms with Gasteiger partial charge in [-0.25, -0.2) is 8.42 Å². The van der Waals surface area contributed by atoms with Gasteiger partial charge in [0.1, 0.15) is 0 Å². The predicted octanol–water partition coefficient (Wildman–Crippen LogP) is 4.52. The highest BCUT2D eigenvalue weighted by Crippen LogP contribution is 2.32. The maximum Gasteiger partial charge on any atom is 0.262 e. The Hall–Kier alpha value is -3.52. The molecule has 8 heteroatoms. The minimum atomic E-state index is -3.82. The SMILES string of the molecule is Cc1ccc(C)c(C(=O)Nc2ccc(NS(=O)(=O)c3ccc4c(c3)OCCCO4)cc2)c1. The van der Waals surface area contributed by atoms with Crippen molar-refractivity contribution >= 4 is 27.3 Å². The van der Waals surface area contributed by atoms with Gasteiger partial charge in [0.25, 0.3) is 15.9 Å². The van der Waals surface area contributed by atoms with Crippen LogP contribution in [0.2, 0.25) is 0 Å². The lowest BCUT2D eigenvalue weighted by Gasteiger charge is -2.12. The van der Waals surface area contributed by atoms with Gasteiger partial charge in [-0.3, -0.25) is 9.52 Å². The summed E-state index contributed by atoms with van der Waals surface area (Å²) in [6.45, 7) is 4.81. The molecule has 0 atom stereocenters. The minimum absolute atomic E-state index is 0.0778. The number of anilines is 2. The predicted molar refractivity (Wildman–Crippen MR) is 123 cm³/mol. The van der Waals surface area contributed by atoms with Crippen LogP contribution in [0.4, 0.5) is 11.4 Å². The Morgan fingerprint density at radius 3 is 2.28 bits per heavy atom. The lowest BCUT2D eigenvalue weighted by Crippen LogP contribution is -2.14. The molecule has 4 rings (SSSR count). The largest absolute Gasteiger partial charge is 0.490 e. The first-order valence-electron chi connectivity index (χ1n) is 10.2. The van der Waals surface area contributed by atoms with Crippen molar-refractivity contribution < 1.29 is 22.7 Å². The number of hydrogen-bond donors (Lipinski definition) is 2. The number of sulfonamides is 1. The third kappa shape index (κ3) is 4.86. The lowest BCUT2D eigenvalue weighted by molar-refractivity contribution is 0.102. The van der Waals surface area contributed by atoms with Gasteiger partial charge in [-0.05, 0) is 61.9 Å². The zero-order chi connectivity index (χ0) is 22.7. The molecule has 2 N–H and O–H groups in total. The number of benzene rings is 3. The zero-order valence-corrected chi connectivity index (χ0v) is 18.7. The molecule has 32 heavy (non-hydrogen) atoms. The van der Waals surface area contributed by atoms with Crippen molar-refractivity contribution in [3.63, 3.8) is 0 Å². The molecule has 3 aromatic rings. The number of hydrogen-bond acceptors (Lipinski definition) is 5. The van der Waals surface area contributed by atoms with E-state index < -0.39 is 10.0 Å². The second-order valence-electron chi connectivity index (χ2n) is 7.61. The first kappa shape index (κ1) is 21.7. The average molecular weight is 453 g/mol. The monoisotopic (exact) mass is 452 g/mol. The van der Waals surface area contributed by atoms with Gasteiger partial charge >= 0.3 is 0 Å². The Balaban J connectivity index is 1.47. The Labute approximate surface area is 187 Å². The summed E-state index contributed by atoms with van der Waals surface area (Å²) in [7, 11) is -3.82. The number of carbonyl (C=O) groups is 1. The van der Waals surface area contributed by atoms with Gasteiger partial charge in [-0.15, -0.1) is 0 Å². The molecule has 3 aromatic carbocycles. The summed E-state index contributed by atoms with van der Waals surface area (Å²) in [5, 5.41) is 2.84. The van der Waals surface area contributed by atoms with Crippen LogP contribution in [0, 0.1) is 13.8 Å². The smallest absolute Gasteiger partial charge is 0.262 e. The number of amides is 1. The fraction of sp³-hybridized carbons (Fsp3) is 0.208. The van der Waals surface area contributed by atoms with Crippen LogP contribution in [0.1, 0.15) is 27.9 Å². The number of nitrogens with one attached hydrogen (secondary N) is 2. The van der Waals surface area contributed by atoms with E-state index >= 15 is 0 Å². The molecule has 0 aliphatic carbocycles. The van der Waals surface area contributed by atoms with Gasteiger partial charge in [-0.2, -0.15) is 0 Å². The van der Waals surface area contributed by atoms with Gasteiger partial charge in [0.2, 0.25) is 0 Å². The van der Waals surface area contributed by atoms with Crippen molar-refractivity contribution in [2.75, 3.05) is 23.3 Å². The molecule has 1 aliphatic heterocycles. The Morgan fingerprint density at radius 1 is 0.844 bits per heavy atom. The topological polar surface area (TPSA) is 93.7 Å². The molecule has 0 spiro atoms. The molecule has 1 amide bonds. The summed E-state index contributed by atoms with van der Waals surface area (Å²) in [5.41, 5.74) is 3.42. The molecular weight excluding hydrogens is 428 g/mol. The third-order valence-corrected chi connectivity index (χ3v) is 6.44. The van der Waals surface area contributed by atoms with Crippen LogP contribution in [0.3, 0.4) is 0 Å². The van der Waals surface area contributed by atoms with E-state index in [1.165, 1.54) is 12.1 Å². The van der Waals surface area contributed by atoms with Gasteiger partial charge < -0.3 is 14.8 Å². The van der Waals surface area contributed by atoms with E-state index in [-0.39, 0.29) is 10.8 Å². The van der Waals surface area contributed by atoms with E-state index in [0.29, 0.717) is 41.7 Å². The number of rotatable bonds is 5. The summed E-state index contributed by atoms with van der Waals surface area (Å²) < 4.78 is 39.3. The highest BCUT2D eigenvalue weighted by atomic mass is 32.2. The number of carbonyl (C=O) groups excluding carboxylic acids is 1. The van der Waals surface area contributed by atoms with Crippen LogP contribution in [0.15, 0.2) is 65.6 Å². The van der Waals surface area contributed by atoms with Gasteiger partial charge in [0, 0.05) is 29.4 Å². The number of ether oxygens (including phenoxy) is 2. The quantitative estimate of drug-likeness (QED) is 0.594. The fourth-order valence-corrected chi connectivity index (χ4v) is 4.40. The van der Waals surface area contributed by atoms with Gasteiger partial charge in [-0.1, -0.05) is 17.7 Å². The van der Waals surface area contributed by atoms with Crippen molar-refractivity contribution in [2.45, 2.75) is 25.2 Å². The number of aryl methyl sites for hydroxylation is 2. The number of fused-ring (bicyclic) bond motifs is 1. The van der Waals surface area contributed by atoms with E-state index in [9.17, 15) is 13.2 Å². The second-order valence-corrected chi connectivity index (χ2v) is 9.30. The molecule has 0 aromatic heterocycles. The van der Waals surface area contributed by atoms with Crippen molar-refractivity contribution in [3.8, 4) is 11.5 Å². The molecule has 0 radical (unpaired) electrons. The Morgan fingerprint density at radius 2 is 1.53 bits per heavy atom. The maximum atomic E-state index is 12.8. The summed E-state index contributed by atoms with van der Waals surface area (Å²) in [6.07, 6.45) is 0.737. The van der Waals surface area contributed by atoms with E-state index in [4.69, 9.17) is 9.47 Å². The van der Waals surface area contributed by atoms with E-state index in [1.807, 2.05) is 32.0 Å².